The van der Waals surface area contributed by atoms with Crippen LogP contribution in [0.15, 0.2) is 24.3 Å². The molecule has 1 aromatic rings. The molecule has 0 unspecified atom stereocenters. The lowest BCUT2D eigenvalue weighted by Gasteiger charge is -2.30. The molecule has 0 aromatic heterocycles. The lowest BCUT2D eigenvalue weighted by Crippen LogP contribution is -2.46. The topological polar surface area (TPSA) is 74.7 Å². The molecule has 2 rings (SSSR count). The van der Waals surface area contributed by atoms with Crippen LogP contribution < -0.4 is 4.90 Å². The van der Waals surface area contributed by atoms with E-state index < -0.39 is 22.0 Å². The van der Waals surface area contributed by atoms with Crippen LogP contribution in [0.3, 0.4) is 0 Å². The fourth-order valence-corrected chi connectivity index (χ4v) is 4.25. The largest absolute Gasteiger partial charge is 0.390 e. The third kappa shape index (κ3) is 3.13. The van der Waals surface area contributed by atoms with Crippen molar-refractivity contribution in [2.75, 3.05) is 16.4 Å². The molecule has 110 valence electrons. The summed E-state index contributed by atoms with van der Waals surface area (Å²) in [4.78, 5) is 13.5. The summed E-state index contributed by atoms with van der Waals surface area (Å²) in [5.74, 6) is -0.755. The highest BCUT2D eigenvalue weighted by Crippen LogP contribution is 2.26. The zero-order chi connectivity index (χ0) is 14.9. The Morgan fingerprint density at radius 2 is 1.95 bits per heavy atom. The van der Waals surface area contributed by atoms with Gasteiger partial charge in [0.25, 0.3) is 0 Å². The van der Waals surface area contributed by atoms with Crippen LogP contribution in [0.2, 0.25) is 5.02 Å². The molecule has 1 aromatic carbocycles. The van der Waals surface area contributed by atoms with Gasteiger partial charge in [-0.05, 0) is 24.3 Å². The number of hydrogen-bond acceptors (Lipinski definition) is 4. The Bertz CT molecular complexity index is 599. The molecule has 2 atom stereocenters. The Kier molecular flexibility index (Phi) is 4.36. The van der Waals surface area contributed by atoms with Crippen molar-refractivity contribution in [3.8, 4) is 0 Å². The summed E-state index contributed by atoms with van der Waals surface area (Å²) in [5.41, 5.74) is 0.544. The summed E-state index contributed by atoms with van der Waals surface area (Å²) in [6.07, 6.45) is -0.836. The molecule has 0 spiro atoms. The molecule has 1 N–H and O–H groups in total. The zero-order valence-corrected chi connectivity index (χ0v) is 12.6. The van der Waals surface area contributed by atoms with Crippen LogP contribution in [0.4, 0.5) is 5.69 Å². The van der Waals surface area contributed by atoms with Crippen LogP contribution in [0.5, 0.6) is 0 Å². The average molecular weight is 318 g/mol. The maximum atomic E-state index is 12.1. The quantitative estimate of drug-likeness (QED) is 0.910. The number of amides is 1. The molecule has 1 heterocycles. The Hall–Kier alpha value is -1.11. The maximum Gasteiger partial charge on any atom is 0.227 e. The van der Waals surface area contributed by atoms with Gasteiger partial charge in [0.1, 0.15) is 0 Å². The maximum absolute atomic E-state index is 12.1. The molecular weight excluding hydrogens is 302 g/mol. The van der Waals surface area contributed by atoms with Crippen molar-refractivity contribution in [2.24, 2.45) is 0 Å². The summed E-state index contributed by atoms with van der Waals surface area (Å²) < 4.78 is 23.3. The third-order valence-electron chi connectivity index (χ3n) is 3.30. The van der Waals surface area contributed by atoms with Crippen LogP contribution in [-0.2, 0) is 14.6 Å². The number of rotatable bonds is 3. The van der Waals surface area contributed by atoms with Crippen molar-refractivity contribution in [2.45, 2.75) is 25.5 Å². The van der Waals surface area contributed by atoms with Crippen molar-refractivity contribution >= 4 is 33.0 Å². The molecule has 1 aliphatic heterocycles. The lowest BCUT2D eigenvalue weighted by atomic mass is 10.1. The van der Waals surface area contributed by atoms with Crippen molar-refractivity contribution in [1.82, 2.24) is 0 Å². The summed E-state index contributed by atoms with van der Waals surface area (Å²) >= 11 is 5.81. The van der Waals surface area contributed by atoms with Gasteiger partial charge in [0.05, 0.1) is 23.7 Å². The van der Waals surface area contributed by atoms with Gasteiger partial charge in [-0.3, -0.25) is 4.79 Å². The Morgan fingerprint density at radius 3 is 2.40 bits per heavy atom. The fourth-order valence-electron chi connectivity index (χ4n) is 2.35. The van der Waals surface area contributed by atoms with E-state index in [0.717, 1.165) is 0 Å². The molecule has 1 amide bonds. The molecule has 0 bridgehead atoms. The molecule has 0 saturated carbocycles. The van der Waals surface area contributed by atoms with Crippen molar-refractivity contribution in [3.63, 3.8) is 0 Å². The van der Waals surface area contributed by atoms with Gasteiger partial charge < -0.3 is 10.0 Å². The summed E-state index contributed by atoms with van der Waals surface area (Å²) in [5, 5.41) is 10.5. The standard InChI is InChI=1S/C13H16ClNO4S/c1-2-13(17)15(10-5-3-9(14)4-6-10)11-7-20(18,19)8-12(11)16/h3-6,11-12,16H,2,7-8H2,1H3/t11-,12+/m1/s1. The minimum atomic E-state index is -3.32. The van der Waals surface area contributed by atoms with Gasteiger partial charge in [-0.15, -0.1) is 0 Å². The normalized spacial score (nSPS) is 24.6. The first-order valence-corrected chi connectivity index (χ1v) is 8.50. The van der Waals surface area contributed by atoms with Gasteiger partial charge in [0.15, 0.2) is 9.84 Å². The second-order valence-electron chi connectivity index (χ2n) is 4.81. The molecule has 5 nitrogen and oxygen atoms in total. The molecule has 20 heavy (non-hydrogen) atoms. The number of halogens is 1. The van der Waals surface area contributed by atoms with Crippen LogP contribution in [0.1, 0.15) is 13.3 Å². The number of sulfone groups is 1. The van der Waals surface area contributed by atoms with Crippen LogP contribution in [-0.4, -0.2) is 43.1 Å². The molecular formula is C13H16ClNO4S. The van der Waals surface area contributed by atoms with Gasteiger partial charge in [0.2, 0.25) is 5.91 Å². The number of carbonyl (C=O) groups excluding carboxylic acids is 1. The lowest BCUT2D eigenvalue weighted by molar-refractivity contribution is -0.119. The van der Waals surface area contributed by atoms with Gasteiger partial charge in [-0.25, -0.2) is 8.42 Å². The van der Waals surface area contributed by atoms with Crippen molar-refractivity contribution < 1.29 is 18.3 Å². The molecule has 1 aliphatic rings. The molecule has 7 heteroatoms. The highest BCUT2D eigenvalue weighted by Gasteiger charge is 2.42. The van der Waals surface area contributed by atoms with Gasteiger partial charge in [0, 0.05) is 17.1 Å². The molecule has 0 aliphatic carbocycles. The van der Waals surface area contributed by atoms with Crippen LogP contribution >= 0.6 is 11.6 Å². The number of aliphatic hydroxyl groups is 1. The number of benzene rings is 1. The predicted octanol–water partition coefficient (Wildman–Crippen LogP) is 1.24. The Balaban J connectivity index is 2.38. The number of anilines is 1. The van der Waals surface area contributed by atoms with Crippen LogP contribution in [0.25, 0.3) is 0 Å². The Morgan fingerprint density at radius 1 is 1.35 bits per heavy atom. The van der Waals surface area contributed by atoms with E-state index in [1.807, 2.05) is 0 Å². The first-order chi connectivity index (χ1) is 9.34. The van der Waals surface area contributed by atoms with E-state index in [-0.39, 0.29) is 23.8 Å². The smallest absolute Gasteiger partial charge is 0.227 e. The first-order valence-electron chi connectivity index (χ1n) is 6.30. The van der Waals surface area contributed by atoms with Gasteiger partial charge >= 0.3 is 0 Å². The average Bonchev–Trinajstić information content (AvgIpc) is 2.65. The van der Waals surface area contributed by atoms with Gasteiger partial charge in [-0.2, -0.15) is 0 Å². The van der Waals surface area contributed by atoms with E-state index in [1.54, 1.807) is 31.2 Å². The minimum absolute atomic E-state index is 0.220. The number of hydrogen-bond donors (Lipinski definition) is 1. The monoisotopic (exact) mass is 317 g/mol. The molecule has 1 saturated heterocycles. The first kappa shape index (κ1) is 15.3. The highest BCUT2D eigenvalue weighted by molar-refractivity contribution is 7.91. The summed E-state index contributed by atoms with van der Waals surface area (Å²) in [6, 6.07) is 5.81. The zero-order valence-electron chi connectivity index (χ0n) is 11.0. The van der Waals surface area contributed by atoms with Crippen molar-refractivity contribution in [1.29, 1.82) is 0 Å². The van der Waals surface area contributed by atoms with E-state index in [2.05, 4.69) is 0 Å². The SMILES string of the molecule is CCC(=O)N(c1ccc(Cl)cc1)[C@@H]1CS(=O)(=O)C[C@@H]1O. The minimum Gasteiger partial charge on any atom is -0.390 e. The molecule has 0 radical (unpaired) electrons. The van der Waals surface area contributed by atoms with E-state index in [0.29, 0.717) is 10.7 Å². The summed E-state index contributed by atoms with van der Waals surface area (Å²) in [7, 11) is -3.32. The van der Waals surface area contributed by atoms with Crippen LogP contribution in [0, 0.1) is 0 Å². The highest BCUT2D eigenvalue weighted by atomic mass is 35.5. The second kappa shape index (κ2) is 5.71. The van der Waals surface area contributed by atoms with E-state index in [9.17, 15) is 18.3 Å². The number of nitrogens with zero attached hydrogens (tertiary/aromatic N) is 1. The number of carbonyl (C=O) groups is 1. The summed E-state index contributed by atoms with van der Waals surface area (Å²) in [6.45, 7) is 1.70. The third-order valence-corrected chi connectivity index (χ3v) is 5.25. The van der Waals surface area contributed by atoms with Crippen molar-refractivity contribution in [3.05, 3.63) is 29.3 Å². The predicted molar refractivity (Wildman–Crippen MR) is 77.7 cm³/mol. The number of aliphatic hydroxyl groups excluding tert-OH is 1. The van der Waals surface area contributed by atoms with E-state index >= 15 is 0 Å². The fraction of sp³-hybridized carbons (Fsp3) is 0.462. The molecule has 1 fully saturated rings. The Labute approximate surface area is 123 Å². The van der Waals surface area contributed by atoms with E-state index in [4.69, 9.17) is 11.6 Å². The van der Waals surface area contributed by atoms with Gasteiger partial charge in [-0.1, -0.05) is 18.5 Å². The second-order valence-corrected chi connectivity index (χ2v) is 7.40. The van der Waals surface area contributed by atoms with E-state index in [1.165, 1.54) is 4.90 Å².